The van der Waals surface area contributed by atoms with Gasteiger partial charge in [0, 0.05) is 60.2 Å². The fraction of sp³-hybridized carbons (Fsp3) is 0.250. The number of nitrogens with zero attached hydrogens (tertiary/aromatic N) is 3. The number of para-hydroxylation sites is 1. The van der Waals surface area contributed by atoms with E-state index in [0.29, 0.717) is 33.8 Å². The van der Waals surface area contributed by atoms with Crippen molar-refractivity contribution in [3.63, 3.8) is 0 Å². The molecule has 1 aliphatic heterocycles. The van der Waals surface area contributed by atoms with Crippen LogP contribution in [0.5, 0.6) is 5.75 Å². The maximum atomic E-state index is 8.44. The molecule has 4 aromatic rings. The highest BCUT2D eigenvalue weighted by Crippen LogP contribution is 2.44. The monoisotopic (exact) mass is 573 g/mol. The average Bonchev–Trinajstić information content (AvgIpc) is 2.95. The highest BCUT2D eigenvalue weighted by Gasteiger charge is 2.24. The third-order valence-electron chi connectivity index (χ3n) is 7.19. The second-order valence-corrected chi connectivity index (χ2v) is 10.9. The molecule has 0 radical (unpaired) electrons. The van der Waals surface area contributed by atoms with Crippen LogP contribution in [0, 0.1) is 12.3 Å². The zero-order chi connectivity index (χ0) is 28.1. The summed E-state index contributed by atoms with van der Waals surface area (Å²) in [7, 11) is 2.15. The van der Waals surface area contributed by atoms with Crippen LogP contribution in [0.25, 0.3) is 22.4 Å². The number of likely N-dealkylation sites (N-methyl/N-ethyl adjacent to an activating group) is 1. The van der Waals surface area contributed by atoms with E-state index in [1.807, 2.05) is 79.7 Å². The molecule has 1 aromatic heterocycles. The van der Waals surface area contributed by atoms with Crippen molar-refractivity contribution < 1.29 is 4.74 Å². The van der Waals surface area contributed by atoms with E-state index in [-0.39, 0.29) is 0 Å². The number of hydrogen-bond acceptors (Lipinski definition) is 6. The highest BCUT2D eigenvalue weighted by molar-refractivity contribution is 6.31. The van der Waals surface area contributed by atoms with E-state index >= 15 is 0 Å². The van der Waals surface area contributed by atoms with Crippen molar-refractivity contribution >= 4 is 40.9 Å². The van der Waals surface area contributed by atoms with Gasteiger partial charge in [-0.3, -0.25) is 4.90 Å². The van der Waals surface area contributed by atoms with Crippen molar-refractivity contribution in [2.45, 2.75) is 6.92 Å². The fourth-order valence-electron chi connectivity index (χ4n) is 4.94. The number of ether oxygens (including phenoxy) is 1. The topological polar surface area (TPSA) is 64.5 Å². The van der Waals surface area contributed by atoms with Crippen LogP contribution in [0.4, 0.5) is 11.5 Å². The predicted octanol–water partition coefficient (Wildman–Crippen LogP) is 7.40. The number of rotatable bonds is 9. The van der Waals surface area contributed by atoms with Gasteiger partial charge < -0.3 is 20.4 Å². The van der Waals surface area contributed by atoms with Crippen LogP contribution in [0.2, 0.25) is 10.0 Å². The molecule has 0 unspecified atom stereocenters. The molecule has 2 N–H and O–H groups in total. The predicted molar refractivity (Wildman–Crippen MR) is 167 cm³/mol. The Balaban J connectivity index is 1.66. The molecule has 0 spiro atoms. The number of nitrogens with one attached hydrogen (secondary N) is 2. The van der Waals surface area contributed by atoms with Crippen molar-refractivity contribution in [2.24, 2.45) is 0 Å². The van der Waals surface area contributed by atoms with Crippen LogP contribution in [-0.4, -0.2) is 67.4 Å². The SMILES string of the molecule is Cc1cc(Cl)ccc1-c1nc(Nc2ccccc2)c(C=N)c(OCCN2CCN(C)CC2)c1-c1ccc(Cl)cc1. The summed E-state index contributed by atoms with van der Waals surface area (Å²) in [6.07, 6.45) is 1.32. The molecule has 1 aliphatic rings. The van der Waals surface area contributed by atoms with E-state index in [1.54, 1.807) is 0 Å². The molecule has 206 valence electrons. The Morgan fingerprint density at radius 2 is 1.65 bits per heavy atom. The minimum absolute atomic E-state index is 0.485. The molecule has 0 aliphatic carbocycles. The summed E-state index contributed by atoms with van der Waals surface area (Å²) in [5.41, 5.74) is 5.86. The Labute approximate surface area is 246 Å². The van der Waals surface area contributed by atoms with Gasteiger partial charge >= 0.3 is 0 Å². The normalized spacial score (nSPS) is 14.2. The summed E-state index contributed by atoms with van der Waals surface area (Å²) in [4.78, 5) is 9.89. The number of piperazine rings is 1. The number of pyridine rings is 1. The molecule has 1 fully saturated rings. The van der Waals surface area contributed by atoms with Crippen molar-refractivity contribution in [1.29, 1.82) is 5.41 Å². The molecule has 5 rings (SSSR count). The van der Waals surface area contributed by atoms with Gasteiger partial charge in [-0.05, 0) is 61.5 Å². The largest absolute Gasteiger partial charge is 0.491 e. The summed E-state index contributed by atoms with van der Waals surface area (Å²) in [5.74, 6) is 1.17. The molecule has 1 saturated heterocycles. The Morgan fingerprint density at radius 3 is 2.33 bits per heavy atom. The Kier molecular flexibility index (Phi) is 9.02. The molecule has 8 heteroatoms. The minimum Gasteiger partial charge on any atom is -0.491 e. The number of benzene rings is 3. The Morgan fingerprint density at radius 1 is 0.950 bits per heavy atom. The van der Waals surface area contributed by atoms with Gasteiger partial charge in [0.1, 0.15) is 18.2 Å². The number of halogens is 2. The minimum atomic E-state index is 0.485. The maximum Gasteiger partial charge on any atom is 0.143 e. The number of aryl methyl sites for hydroxylation is 1. The number of aromatic nitrogens is 1. The van der Waals surface area contributed by atoms with E-state index in [2.05, 4.69) is 22.2 Å². The first-order chi connectivity index (χ1) is 19.4. The molecule has 0 saturated carbocycles. The molecular formula is C32H33Cl2N5O. The average molecular weight is 575 g/mol. The van der Waals surface area contributed by atoms with Crippen LogP contribution in [0.1, 0.15) is 11.1 Å². The standard InChI is InChI=1S/C32H33Cl2N5O/c1-22-20-25(34)12-13-27(22)30-29(23-8-10-24(33)11-9-23)31(40-19-18-39-16-14-38(2)15-17-39)28(21-35)32(37-30)36-26-6-4-3-5-7-26/h3-13,20-21,35H,14-19H2,1-2H3,(H,36,37). The van der Waals surface area contributed by atoms with Gasteiger partial charge in [0.05, 0.1) is 16.8 Å². The molecular weight excluding hydrogens is 541 g/mol. The molecule has 3 aromatic carbocycles. The van der Waals surface area contributed by atoms with E-state index in [9.17, 15) is 0 Å². The lowest BCUT2D eigenvalue weighted by molar-refractivity contribution is 0.134. The van der Waals surface area contributed by atoms with E-state index in [4.69, 9.17) is 38.3 Å². The fourth-order valence-corrected chi connectivity index (χ4v) is 5.29. The van der Waals surface area contributed by atoms with Gasteiger partial charge in [-0.25, -0.2) is 4.98 Å². The lowest BCUT2D eigenvalue weighted by Crippen LogP contribution is -2.45. The summed E-state index contributed by atoms with van der Waals surface area (Å²) in [5, 5.41) is 13.2. The zero-order valence-corrected chi connectivity index (χ0v) is 24.3. The third kappa shape index (κ3) is 6.48. The number of anilines is 2. The van der Waals surface area contributed by atoms with Gasteiger partial charge in [0.2, 0.25) is 0 Å². The van der Waals surface area contributed by atoms with Crippen LogP contribution in [-0.2, 0) is 0 Å². The smallest absolute Gasteiger partial charge is 0.143 e. The maximum absolute atomic E-state index is 8.44. The van der Waals surface area contributed by atoms with E-state index < -0.39 is 0 Å². The van der Waals surface area contributed by atoms with Gasteiger partial charge in [0.15, 0.2) is 0 Å². The summed E-state index contributed by atoms with van der Waals surface area (Å²) in [6, 6.07) is 23.3. The lowest BCUT2D eigenvalue weighted by Gasteiger charge is -2.32. The summed E-state index contributed by atoms with van der Waals surface area (Å²) >= 11 is 12.6. The molecule has 6 nitrogen and oxygen atoms in total. The summed E-state index contributed by atoms with van der Waals surface area (Å²) in [6.45, 7) is 7.41. The highest BCUT2D eigenvalue weighted by atomic mass is 35.5. The first kappa shape index (κ1) is 28.1. The van der Waals surface area contributed by atoms with Gasteiger partial charge in [-0.15, -0.1) is 0 Å². The molecule has 2 heterocycles. The van der Waals surface area contributed by atoms with Crippen molar-refractivity contribution in [2.75, 3.05) is 51.7 Å². The lowest BCUT2D eigenvalue weighted by atomic mass is 9.94. The Bertz CT molecular complexity index is 1470. The van der Waals surface area contributed by atoms with Gasteiger partial charge in [-0.1, -0.05) is 59.6 Å². The van der Waals surface area contributed by atoms with Gasteiger partial charge in [0.25, 0.3) is 0 Å². The van der Waals surface area contributed by atoms with E-state index in [0.717, 1.165) is 66.4 Å². The second kappa shape index (κ2) is 12.8. The second-order valence-electron chi connectivity index (χ2n) is 10.0. The summed E-state index contributed by atoms with van der Waals surface area (Å²) < 4.78 is 6.63. The van der Waals surface area contributed by atoms with Crippen LogP contribution < -0.4 is 10.1 Å². The number of hydrogen-bond donors (Lipinski definition) is 2. The quantitative estimate of drug-likeness (QED) is 0.204. The molecule has 40 heavy (non-hydrogen) atoms. The van der Waals surface area contributed by atoms with Crippen LogP contribution >= 0.6 is 23.2 Å². The first-order valence-electron chi connectivity index (χ1n) is 13.4. The van der Waals surface area contributed by atoms with E-state index in [1.165, 1.54) is 6.21 Å². The van der Waals surface area contributed by atoms with Crippen LogP contribution in [0.15, 0.2) is 72.8 Å². The molecule has 0 bridgehead atoms. The first-order valence-corrected chi connectivity index (χ1v) is 14.1. The van der Waals surface area contributed by atoms with Crippen LogP contribution in [0.3, 0.4) is 0 Å². The van der Waals surface area contributed by atoms with Crippen molar-refractivity contribution in [3.05, 3.63) is 94.0 Å². The van der Waals surface area contributed by atoms with Crippen molar-refractivity contribution in [1.82, 2.24) is 14.8 Å². The van der Waals surface area contributed by atoms with Gasteiger partial charge in [-0.2, -0.15) is 0 Å². The molecule has 0 atom stereocenters. The zero-order valence-electron chi connectivity index (χ0n) is 22.8. The van der Waals surface area contributed by atoms with Crippen molar-refractivity contribution in [3.8, 4) is 28.1 Å². The third-order valence-corrected chi connectivity index (χ3v) is 7.68. The Hall–Kier alpha value is -3.42. The molecule has 0 amide bonds.